The molecule has 122 valence electrons. The van der Waals surface area contributed by atoms with Gasteiger partial charge in [-0.3, -0.25) is 4.79 Å². The average molecular weight is 341 g/mol. The first kappa shape index (κ1) is 16.1. The van der Waals surface area contributed by atoms with E-state index < -0.39 is 0 Å². The van der Waals surface area contributed by atoms with E-state index in [1.807, 2.05) is 29.8 Å². The number of nitrogens with zero attached hydrogens (tertiary/aromatic N) is 2. The molecule has 24 heavy (non-hydrogen) atoms. The molecule has 0 fully saturated rings. The van der Waals surface area contributed by atoms with Gasteiger partial charge < -0.3 is 9.47 Å². The van der Waals surface area contributed by atoms with Crippen molar-refractivity contribution < 1.29 is 18.8 Å². The van der Waals surface area contributed by atoms with Crippen LogP contribution >= 0.6 is 11.3 Å². The second kappa shape index (κ2) is 7.23. The zero-order valence-corrected chi connectivity index (χ0v) is 14.2. The van der Waals surface area contributed by atoms with Crippen LogP contribution in [0.2, 0.25) is 0 Å². The number of hydrogen-bond donors (Lipinski definition) is 0. The Morgan fingerprint density at radius 2 is 2.00 bits per heavy atom. The van der Waals surface area contributed by atoms with E-state index in [2.05, 4.69) is 4.98 Å². The lowest BCUT2D eigenvalue weighted by molar-refractivity contribution is -0.686. The van der Waals surface area contributed by atoms with Crippen molar-refractivity contribution in [1.82, 2.24) is 4.98 Å². The van der Waals surface area contributed by atoms with Gasteiger partial charge in [0.05, 0.1) is 25.3 Å². The summed E-state index contributed by atoms with van der Waals surface area (Å²) < 4.78 is 12.2. The summed E-state index contributed by atoms with van der Waals surface area (Å²) >= 11 is 1.64. The first-order valence-electron chi connectivity index (χ1n) is 7.35. The SMILES string of the molecule is COc1ccc(C(=O)C[n+]2ccc(-c3cccs3)nc2)cc1OC. The molecule has 0 aliphatic heterocycles. The molecule has 0 unspecified atom stereocenters. The summed E-state index contributed by atoms with van der Waals surface area (Å²) in [6, 6.07) is 11.1. The van der Waals surface area contributed by atoms with Gasteiger partial charge in [0.2, 0.25) is 5.78 Å². The Morgan fingerprint density at radius 1 is 1.17 bits per heavy atom. The molecule has 0 amide bonds. The van der Waals surface area contributed by atoms with Crippen molar-refractivity contribution in [2.24, 2.45) is 0 Å². The van der Waals surface area contributed by atoms with Crippen LogP contribution in [0.25, 0.3) is 10.6 Å². The summed E-state index contributed by atoms with van der Waals surface area (Å²) in [6.45, 7) is 0.215. The minimum Gasteiger partial charge on any atom is -0.493 e. The predicted molar refractivity (Wildman–Crippen MR) is 91.6 cm³/mol. The van der Waals surface area contributed by atoms with Gasteiger partial charge in [0, 0.05) is 11.6 Å². The van der Waals surface area contributed by atoms with Crippen molar-refractivity contribution in [2.45, 2.75) is 6.54 Å². The maximum absolute atomic E-state index is 12.5. The molecule has 0 saturated carbocycles. The van der Waals surface area contributed by atoms with Gasteiger partial charge in [-0.25, -0.2) is 4.57 Å². The minimum atomic E-state index is -0.0216. The molecule has 0 aliphatic rings. The summed E-state index contributed by atoms with van der Waals surface area (Å²) in [5, 5.41) is 2.01. The summed E-state index contributed by atoms with van der Waals surface area (Å²) in [4.78, 5) is 18.0. The van der Waals surface area contributed by atoms with Gasteiger partial charge in [-0.15, -0.1) is 11.3 Å². The summed E-state index contributed by atoms with van der Waals surface area (Å²) in [5.41, 5.74) is 1.47. The topological polar surface area (TPSA) is 52.3 Å². The molecule has 1 aromatic carbocycles. The third-order valence-corrected chi connectivity index (χ3v) is 4.47. The van der Waals surface area contributed by atoms with E-state index in [9.17, 15) is 4.79 Å². The number of methoxy groups -OCH3 is 2. The van der Waals surface area contributed by atoms with Gasteiger partial charge in [0.15, 0.2) is 23.7 Å². The van der Waals surface area contributed by atoms with Crippen LogP contribution in [-0.2, 0) is 6.54 Å². The van der Waals surface area contributed by atoms with Crippen LogP contribution in [-0.4, -0.2) is 25.0 Å². The minimum absolute atomic E-state index is 0.0216. The van der Waals surface area contributed by atoms with Gasteiger partial charge in [0.25, 0.3) is 6.33 Å². The second-order valence-corrected chi connectivity index (χ2v) is 6.04. The van der Waals surface area contributed by atoms with E-state index in [1.165, 1.54) is 0 Å². The van der Waals surface area contributed by atoms with Gasteiger partial charge in [-0.1, -0.05) is 6.07 Å². The average Bonchev–Trinajstić information content (AvgIpc) is 3.16. The highest BCUT2D eigenvalue weighted by atomic mass is 32.1. The van der Waals surface area contributed by atoms with Crippen LogP contribution in [0.5, 0.6) is 11.5 Å². The lowest BCUT2D eigenvalue weighted by atomic mass is 10.1. The molecule has 0 N–H and O–H groups in total. The van der Waals surface area contributed by atoms with Crippen LogP contribution < -0.4 is 14.0 Å². The smallest absolute Gasteiger partial charge is 0.287 e. The fraction of sp³-hybridized carbons (Fsp3) is 0.167. The van der Waals surface area contributed by atoms with E-state index >= 15 is 0 Å². The molecule has 0 saturated heterocycles. The number of hydrogen-bond acceptors (Lipinski definition) is 5. The van der Waals surface area contributed by atoms with Crippen molar-refractivity contribution in [2.75, 3.05) is 14.2 Å². The molecule has 0 spiro atoms. The van der Waals surface area contributed by atoms with Crippen LogP contribution in [0.3, 0.4) is 0 Å². The summed E-state index contributed by atoms with van der Waals surface area (Å²) in [7, 11) is 3.12. The third-order valence-electron chi connectivity index (χ3n) is 3.57. The van der Waals surface area contributed by atoms with Crippen molar-refractivity contribution in [1.29, 1.82) is 0 Å². The van der Waals surface area contributed by atoms with Gasteiger partial charge >= 0.3 is 0 Å². The van der Waals surface area contributed by atoms with Gasteiger partial charge in [-0.2, -0.15) is 0 Å². The molecule has 6 heteroatoms. The molecule has 3 aromatic rings. The number of thiophene rings is 1. The van der Waals surface area contributed by atoms with Gasteiger partial charge in [-0.05, 0) is 34.6 Å². The molecule has 0 radical (unpaired) electrons. The van der Waals surface area contributed by atoms with Crippen LogP contribution in [0.15, 0.2) is 54.3 Å². The number of aromatic nitrogens is 2. The highest BCUT2D eigenvalue weighted by molar-refractivity contribution is 7.13. The Bertz CT molecular complexity index is 830. The lowest BCUT2D eigenvalue weighted by Crippen LogP contribution is -2.37. The molecule has 2 heterocycles. The van der Waals surface area contributed by atoms with Gasteiger partial charge in [0.1, 0.15) is 0 Å². The first-order valence-corrected chi connectivity index (χ1v) is 8.23. The molecule has 5 nitrogen and oxygen atoms in total. The Kier molecular flexibility index (Phi) is 4.86. The monoisotopic (exact) mass is 341 g/mol. The fourth-order valence-corrected chi connectivity index (χ4v) is 3.02. The van der Waals surface area contributed by atoms with Crippen LogP contribution in [0, 0.1) is 0 Å². The number of ether oxygens (including phenoxy) is 2. The van der Waals surface area contributed by atoms with Crippen molar-refractivity contribution in [3.8, 4) is 22.1 Å². The lowest BCUT2D eigenvalue weighted by Gasteiger charge is -2.08. The largest absolute Gasteiger partial charge is 0.493 e. The molecular weight excluding hydrogens is 324 g/mol. The Hall–Kier alpha value is -2.73. The molecular formula is C18H17N2O3S+. The number of rotatable bonds is 6. The van der Waals surface area contributed by atoms with E-state index in [4.69, 9.17) is 9.47 Å². The molecule has 0 aliphatic carbocycles. The number of carbonyl (C=O) groups is 1. The maximum Gasteiger partial charge on any atom is 0.287 e. The Morgan fingerprint density at radius 3 is 2.62 bits per heavy atom. The van der Waals surface area contributed by atoms with Crippen LogP contribution in [0.4, 0.5) is 0 Å². The maximum atomic E-state index is 12.5. The van der Waals surface area contributed by atoms with E-state index in [1.54, 1.807) is 54.6 Å². The quantitative estimate of drug-likeness (QED) is 0.511. The Balaban J connectivity index is 1.75. The molecule has 2 aromatic heterocycles. The Labute approximate surface area is 144 Å². The van der Waals surface area contributed by atoms with Crippen molar-refractivity contribution >= 4 is 17.1 Å². The van der Waals surface area contributed by atoms with E-state index in [-0.39, 0.29) is 12.3 Å². The van der Waals surface area contributed by atoms with E-state index in [0.717, 1.165) is 10.6 Å². The molecule has 0 atom stereocenters. The number of benzene rings is 1. The predicted octanol–water partition coefficient (Wildman–Crippen LogP) is 3.00. The van der Waals surface area contributed by atoms with Crippen LogP contribution in [0.1, 0.15) is 10.4 Å². The van der Waals surface area contributed by atoms with E-state index in [0.29, 0.717) is 17.1 Å². The zero-order chi connectivity index (χ0) is 16.9. The highest BCUT2D eigenvalue weighted by Gasteiger charge is 2.14. The van der Waals surface area contributed by atoms with Crippen molar-refractivity contribution in [3.63, 3.8) is 0 Å². The molecule has 0 bridgehead atoms. The zero-order valence-electron chi connectivity index (χ0n) is 13.4. The standard InChI is InChI=1S/C18H17N2O3S/c1-22-16-6-5-13(10-17(16)23-2)15(21)11-20-8-7-14(19-12-20)18-4-3-9-24-18/h3-10,12H,11H2,1-2H3/q+1. The summed E-state index contributed by atoms with van der Waals surface area (Å²) in [5.74, 6) is 1.12. The highest BCUT2D eigenvalue weighted by Crippen LogP contribution is 2.27. The van der Waals surface area contributed by atoms with Crippen molar-refractivity contribution in [3.05, 3.63) is 59.9 Å². The second-order valence-electron chi connectivity index (χ2n) is 5.09. The summed E-state index contributed by atoms with van der Waals surface area (Å²) in [6.07, 6.45) is 3.54. The number of ketones is 1. The third kappa shape index (κ3) is 3.44. The molecule has 3 rings (SSSR count). The fourth-order valence-electron chi connectivity index (χ4n) is 2.31. The number of Topliss-reactive ketones (excluding diaryl/α,β-unsaturated/α-hetero) is 1. The first-order chi connectivity index (χ1) is 11.7. The normalized spacial score (nSPS) is 10.4. The number of carbonyl (C=O) groups excluding carboxylic acids is 1.